The molecule has 0 bridgehead atoms. The standard InChI is InChI=1S/C16H11F2NO2S/c17-16(18)21-11-7-5-10(6-8-11)9-14-15(20)19-12-3-1-2-4-13(12)22-14/h1-9,16H,(H,19,20). The van der Waals surface area contributed by atoms with Crippen molar-refractivity contribution in [1.82, 2.24) is 0 Å². The molecule has 112 valence electrons. The minimum atomic E-state index is -2.85. The Bertz CT molecular complexity index is 729. The molecule has 0 atom stereocenters. The van der Waals surface area contributed by atoms with Gasteiger partial charge in [0.2, 0.25) is 0 Å². The van der Waals surface area contributed by atoms with Crippen LogP contribution in [0.25, 0.3) is 6.08 Å². The number of anilines is 1. The molecule has 0 saturated heterocycles. The van der Waals surface area contributed by atoms with Gasteiger partial charge in [0.15, 0.2) is 0 Å². The van der Waals surface area contributed by atoms with E-state index in [-0.39, 0.29) is 11.7 Å². The van der Waals surface area contributed by atoms with Crippen molar-refractivity contribution in [2.45, 2.75) is 11.5 Å². The summed E-state index contributed by atoms with van der Waals surface area (Å²) in [5.41, 5.74) is 1.52. The highest BCUT2D eigenvalue weighted by atomic mass is 32.2. The number of benzene rings is 2. The number of hydrogen-bond donors (Lipinski definition) is 1. The third kappa shape index (κ3) is 3.28. The average molecular weight is 319 g/mol. The van der Waals surface area contributed by atoms with Crippen molar-refractivity contribution in [1.29, 1.82) is 0 Å². The quantitative estimate of drug-likeness (QED) is 0.854. The predicted molar refractivity (Wildman–Crippen MR) is 82.0 cm³/mol. The average Bonchev–Trinajstić information content (AvgIpc) is 2.49. The van der Waals surface area contributed by atoms with Crippen molar-refractivity contribution in [2.24, 2.45) is 0 Å². The minimum absolute atomic E-state index is 0.0863. The van der Waals surface area contributed by atoms with Crippen LogP contribution in [0, 0.1) is 0 Å². The van der Waals surface area contributed by atoms with E-state index >= 15 is 0 Å². The largest absolute Gasteiger partial charge is 0.435 e. The molecule has 1 heterocycles. The summed E-state index contributed by atoms with van der Waals surface area (Å²) in [6.45, 7) is -2.85. The van der Waals surface area contributed by atoms with Crippen molar-refractivity contribution in [3.63, 3.8) is 0 Å². The fraction of sp³-hybridized carbons (Fsp3) is 0.0625. The number of amides is 1. The van der Waals surface area contributed by atoms with Gasteiger partial charge in [-0.05, 0) is 35.9 Å². The highest BCUT2D eigenvalue weighted by molar-refractivity contribution is 8.04. The highest BCUT2D eigenvalue weighted by Gasteiger charge is 2.20. The van der Waals surface area contributed by atoms with Gasteiger partial charge in [-0.15, -0.1) is 0 Å². The van der Waals surface area contributed by atoms with Crippen molar-refractivity contribution < 1.29 is 18.3 Å². The van der Waals surface area contributed by atoms with E-state index < -0.39 is 6.61 Å². The van der Waals surface area contributed by atoms with Gasteiger partial charge >= 0.3 is 6.61 Å². The van der Waals surface area contributed by atoms with Crippen molar-refractivity contribution in [2.75, 3.05) is 5.32 Å². The molecule has 1 N–H and O–H groups in total. The normalized spacial score (nSPS) is 15.6. The Morgan fingerprint density at radius 3 is 2.55 bits per heavy atom. The van der Waals surface area contributed by atoms with E-state index in [4.69, 9.17) is 0 Å². The van der Waals surface area contributed by atoms with E-state index in [1.165, 1.54) is 23.9 Å². The Morgan fingerprint density at radius 1 is 1.09 bits per heavy atom. The molecular formula is C16H11F2NO2S. The molecule has 2 aromatic carbocycles. The molecule has 3 nitrogen and oxygen atoms in total. The summed E-state index contributed by atoms with van der Waals surface area (Å²) < 4.78 is 28.5. The van der Waals surface area contributed by atoms with Crippen LogP contribution < -0.4 is 10.1 Å². The first-order valence-electron chi connectivity index (χ1n) is 6.46. The second-order valence-electron chi connectivity index (χ2n) is 4.51. The Balaban J connectivity index is 1.82. The maximum Gasteiger partial charge on any atom is 0.387 e. The van der Waals surface area contributed by atoms with E-state index in [0.717, 1.165) is 16.1 Å². The maximum absolute atomic E-state index is 12.1. The molecule has 6 heteroatoms. The zero-order chi connectivity index (χ0) is 15.5. The van der Waals surface area contributed by atoms with E-state index in [1.54, 1.807) is 18.2 Å². The summed E-state index contributed by atoms with van der Waals surface area (Å²) in [6, 6.07) is 13.7. The first-order chi connectivity index (χ1) is 10.6. The Kier molecular flexibility index (Phi) is 4.11. The Labute approximate surface area is 130 Å². The number of para-hydroxylation sites is 1. The van der Waals surface area contributed by atoms with Crippen LogP contribution in [-0.2, 0) is 4.79 Å². The van der Waals surface area contributed by atoms with Crippen LogP contribution >= 0.6 is 11.8 Å². The maximum atomic E-state index is 12.1. The monoisotopic (exact) mass is 319 g/mol. The van der Waals surface area contributed by atoms with Crippen molar-refractivity contribution >= 4 is 29.4 Å². The third-order valence-corrected chi connectivity index (χ3v) is 4.08. The molecule has 22 heavy (non-hydrogen) atoms. The molecule has 1 aliphatic rings. The number of thioether (sulfide) groups is 1. The lowest BCUT2D eigenvalue weighted by atomic mass is 10.2. The number of hydrogen-bond acceptors (Lipinski definition) is 3. The molecule has 0 spiro atoms. The number of halogens is 2. The van der Waals surface area contributed by atoms with Crippen LogP contribution in [0.2, 0.25) is 0 Å². The van der Waals surface area contributed by atoms with Crippen LogP contribution in [-0.4, -0.2) is 12.5 Å². The molecule has 0 saturated carbocycles. The van der Waals surface area contributed by atoms with E-state index in [2.05, 4.69) is 10.1 Å². The minimum Gasteiger partial charge on any atom is -0.435 e. The zero-order valence-corrected chi connectivity index (χ0v) is 12.1. The Morgan fingerprint density at radius 2 is 1.82 bits per heavy atom. The van der Waals surface area contributed by atoms with Gasteiger partial charge in [0, 0.05) is 4.90 Å². The number of nitrogens with one attached hydrogen (secondary N) is 1. The molecule has 0 fully saturated rings. The van der Waals surface area contributed by atoms with E-state index in [0.29, 0.717) is 4.91 Å². The third-order valence-electron chi connectivity index (χ3n) is 2.98. The molecule has 0 radical (unpaired) electrons. The fourth-order valence-electron chi connectivity index (χ4n) is 2.00. The zero-order valence-electron chi connectivity index (χ0n) is 11.3. The molecule has 3 rings (SSSR count). The lowest BCUT2D eigenvalue weighted by Crippen LogP contribution is -2.17. The summed E-state index contributed by atoms with van der Waals surface area (Å²) in [7, 11) is 0. The van der Waals surface area contributed by atoms with Gasteiger partial charge in [0.25, 0.3) is 5.91 Å². The SMILES string of the molecule is O=C1Nc2ccccc2SC1=Cc1ccc(OC(F)F)cc1. The lowest BCUT2D eigenvalue weighted by molar-refractivity contribution is -0.112. The summed E-state index contributed by atoms with van der Waals surface area (Å²) in [6.07, 6.45) is 1.71. The fourth-order valence-corrected chi connectivity index (χ4v) is 2.95. The van der Waals surface area contributed by atoms with E-state index in [9.17, 15) is 13.6 Å². The van der Waals surface area contributed by atoms with Gasteiger partial charge in [-0.25, -0.2) is 0 Å². The Hall–Kier alpha value is -2.34. The van der Waals surface area contributed by atoms with Gasteiger partial charge in [0.05, 0.1) is 10.6 Å². The number of carbonyl (C=O) groups is 1. The highest BCUT2D eigenvalue weighted by Crippen LogP contribution is 2.38. The smallest absolute Gasteiger partial charge is 0.387 e. The number of ether oxygens (including phenoxy) is 1. The van der Waals surface area contributed by atoms with Gasteiger partial charge in [-0.1, -0.05) is 36.0 Å². The molecule has 1 aliphatic heterocycles. The van der Waals surface area contributed by atoms with Gasteiger partial charge < -0.3 is 10.1 Å². The van der Waals surface area contributed by atoms with Gasteiger partial charge in [-0.3, -0.25) is 4.79 Å². The van der Waals surface area contributed by atoms with Crippen LogP contribution in [0.1, 0.15) is 5.56 Å². The van der Waals surface area contributed by atoms with Crippen LogP contribution in [0.5, 0.6) is 5.75 Å². The first-order valence-corrected chi connectivity index (χ1v) is 7.28. The van der Waals surface area contributed by atoms with Gasteiger partial charge in [0.1, 0.15) is 5.75 Å². The summed E-state index contributed by atoms with van der Waals surface area (Å²) in [5, 5.41) is 2.82. The summed E-state index contributed by atoms with van der Waals surface area (Å²) in [4.78, 5) is 13.6. The lowest BCUT2D eigenvalue weighted by Gasteiger charge is -2.18. The first kappa shape index (κ1) is 14.6. The number of rotatable bonds is 3. The molecule has 0 unspecified atom stereocenters. The summed E-state index contributed by atoms with van der Waals surface area (Å²) >= 11 is 1.37. The van der Waals surface area contributed by atoms with Crippen LogP contribution in [0.4, 0.5) is 14.5 Å². The topological polar surface area (TPSA) is 38.3 Å². The molecule has 2 aromatic rings. The molecule has 1 amide bonds. The van der Waals surface area contributed by atoms with Crippen molar-refractivity contribution in [3.8, 4) is 5.75 Å². The van der Waals surface area contributed by atoms with Crippen LogP contribution in [0.15, 0.2) is 58.3 Å². The number of fused-ring (bicyclic) bond motifs is 1. The predicted octanol–water partition coefficient (Wildman–Crippen LogP) is 4.37. The number of alkyl halides is 2. The second-order valence-corrected chi connectivity index (χ2v) is 5.59. The molecule has 0 aromatic heterocycles. The van der Waals surface area contributed by atoms with Gasteiger partial charge in [-0.2, -0.15) is 8.78 Å². The number of carbonyl (C=O) groups excluding carboxylic acids is 1. The van der Waals surface area contributed by atoms with Crippen molar-refractivity contribution in [3.05, 3.63) is 59.0 Å². The summed E-state index contributed by atoms with van der Waals surface area (Å²) in [5.74, 6) is -0.0974. The molecular weight excluding hydrogens is 308 g/mol. The molecule has 0 aliphatic carbocycles. The van der Waals surface area contributed by atoms with E-state index in [1.807, 2.05) is 24.3 Å². The van der Waals surface area contributed by atoms with Crippen LogP contribution in [0.3, 0.4) is 0 Å². The second kappa shape index (κ2) is 6.19.